The van der Waals surface area contributed by atoms with Gasteiger partial charge in [-0.15, -0.1) is 13.2 Å². The molecule has 0 unspecified atom stereocenters. The highest BCUT2D eigenvalue weighted by molar-refractivity contribution is 6.33. The highest BCUT2D eigenvalue weighted by Gasteiger charge is 2.32. The minimum atomic E-state index is -4.71. The third-order valence-electron chi connectivity index (χ3n) is 3.11. The van der Waals surface area contributed by atoms with Crippen LogP contribution in [0.2, 0.25) is 5.02 Å². The van der Waals surface area contributed by atoms with Crippen LogP contribution in [0.15, 0.2) is 23.8 Å². The first-order valence-corrected chi connectivity index (χ1v) is 6.52. The zero-order valence-electron chi connectivity index (χ0n) is 10.5. The molecule has 0 heterocycles. The number of halogens is 4. The Labute approximate surface area is 115 Å². The average Bonchev–Trinajstić information content (AvgIpc) is 2.32. The van der Waals surface area contributed by atoms with E-state index in [1.54, 1.807) is 6.07 Å². The molecule has 0 bridgehead atoms. The summed E-state index contributed by atoms with van der Waals surface area (Å²) in [5.74, 6) is -0.319. The molecule has 104 valence electrons. The highest BCUT2D eigenvalue weighted by Crippen LogP contribution is 2.37. The van der Waals surface area contributed by atoms with Crippen LogP contribution < -0.4 is 4.74 Å². The zero-order chi connectivity index (χ0) is 14.0. The number of allylic oxidation sites excluding steroid dienone is 2. The van der Waals surface area contributed by atoms with Crippen molar-refractivity contribution in [2.24, 2.45) is 0 Å². The van der Waals surface area contributed by atoms with Crippen molar-refractivity contribution in [2.45, 2.75) is 39.0 Å². The summed E-state index contributed by atoms with van der Waals surface area (Å²) in [5.41, 5.74) is 3.05. The summed E-state index contributed by atoms with van der Waals surface area (Å²) in [5, 5.41) is 0.0709. The van der Waals surface area contributed by atoms with E-state index in [0.717, 1.165) is 30.4 Å². The van der Waals surface area contributed by atoms with E-state index in [1.807, 2.05) is 0 Å². The third-order valence-corrected chi connectivity index (χ3v) is 3.53. The quantitative estimate of drug-likeness (QED) is 0.707. The predicted octanol–water partition coefficient (Wildman–Crippen LogP) is 5.06. The summed E-state index contributed by atoms with van der Waals surface area (Å²) in [6, 6.07) is 2.97. The van der Waals surface area contributed by atoms with E-state index in [0.29, 0.717) is 6.42 Å². The highest BCUT2D eigenvalue weighted by atomic mass is 35.5. The van der Waals surface area contributed by atoms with Crippen molar-refractivity contribution >= 4 is 11.6 Å². The monoisotopic (exact) mass is 290 g/mol. The van der Waals surface area contributed by atoms with E-state index in [1.165, 1.54) is 11.6 Å². The molecule has 0 aromatic heterocycles. The molecule has 2 rings (SSSR count). The Morgan fingerprint density at radius 1 is 1.32 bits per heavy atom. The normalized spacial score (nSPS) is 14.9. The summed E-state index contributed by atoms with van der Waals surface area (Å²) in [7, 11) is 0. The van der Waals surface area contributed by atoms with Crippen molar-refractivity contribution in [1.29, 1.82) is 0 Å². The second-order valence-corrected chi connectivity index (χ2v) is 4.93. The van der Waals surface area contributed by atoms with Gasteiger partial charge < -0.3 is 4.74 Å². The summed E-state index contributed by atoms with van der Waals surface area (Å²) < 4.78 is 40.6. The van der Waals surface area contributed by atoms with Gasteiger partial charge in [0.25, 0.3) is 0 Å². The maximum atomic E-state index is 12.2. The van der Waals surface area contributed by atoms with Crippen molar-refractivity contribution in [3.8, 4) is 5.75 Å². The van der Waals surface area contributed by atoms with Gasteiger partial charge in [-0.2, -0.15) is 0 Å². The minimum absolute atomic E-state index is 0.0709. The second-order valence-electron chi connectivity index (χ2n) is 4.56. The van der Waals surface area contributed by atoms with E-state index >= 15 is 0 Å². The van der Waals surface area contributed by atoms with E-state index in [2.05, 4.69) is 17.7 Å². The topological polar surface area (TPSA) is 9.23 Å². The Morgan fingerprint density at radius 2 is 2.05 bits per heavy atom. The van der Waals surface area contributed by atoms with Crippen molar-refractivity contribution in [3.05, 3.63) is 39.9 Å². The van der Waals surface area contributed by atoms with Crippen LogP contribution in [-0.4, -0.2) is 6.36 Å². The Hall–Kier alpha value is -1.16. The van der Waals surface area contributed by atoms with Crippen LogP contribution in [-0.2, 0) is 12.8 Å². The average molecular weight is 291 g/mol. The van der Waals surface area contributed by atoms with Crippen molar-refractivity contribution in [1.82, 2.24) is 0 Å². The van der Waals surface area contributed by atoms with E-state index < -0.39 is 6.36 Å². The van der Waals surface area contributed by atoms with Gasteiger partial charge in [-0.25, -0.2) is 0 Å². The van der Waals surface area contributed by atoms with Gasteiger partial charge in [0.15, 0.2) is 0 Å². The molecule has 1 aromatic rings. The summed E-state index contributed by atoms with van der Waals surface area (Å²) in [6.07, 6.45) is 0.737. The molecule has 1 nitrogen and oxygen atoms in total. The molecule has 0 atom stereocenters. The summed E-state index contributed by atoms with van der Waals surface area (Å²) in [6.45, 7) is 2.10. The number of benzene rings is 1. The lowest BCUT2D eigenvalue weighted by Gasteiger charge is -2.20. The maximum Gasteiger partial charge on any atom is 0.573 e. The zero-order valence-corrected chi connectivity index (χ0v) is 11.2. The summed E-state index contributed by atoms with van der Waals surface area (Å²) in [4.78, 5) is 0. The first kappa shape index (κ1) is 14.3. The lowest BCUT2D eigenvalue weighted by atomic mass is 9.89. The molecule has 1 aromatic carbocycles. The van der Waals surface area contributed by atoms with Crippen LogP contribution in [0, 0.1) is 0 Å². The van der Waals surface area contributed by atoms with Gasteiger partial charge in [-0.05, 0) is 36.5 Å². The van der Waals surface area contributed by atoms with Crippen molar-refractivity contribution < 1.29 is 17.9 Å². The minimum Gasteiger partial charge on any atom is -0.404 e. The molecule has 0 saturated heterocycles. The molecule has 5 heteroatoms. The van der Waals surface area contributed by atoms with Crippen LogP contribution in [0.25, 0.3) is 0 Å². The number of alkyl halides is 3. The van der Waals surface area contributed by atoms with Gasteiger partial charge >= 0.3 is 6.36 Å². The molecule has 1 aliphatic carbocycles. The Morgan fingerprint density at radius 3 is 2.68 bits per heavy atom. The van der Waals surface area contributed by atoms with Gasteiger partial charge in [0.2, 0.25) is 0 Å². The van der Waals surface area contributed by atoms with E-state index in [4.69, 9.17) is 11.6 Å². The standard InChI is InChI=1S/C14H14ClF3O/c1-2-3-9-4-6-11-10(8-9)5-7-12(13(11)15)19-14(16,17)18/h4-5,7H,2-3,6,8H2,1H3. The largest absolute Gasteiger partial charge is 0.573 e. The number of rotatable bonds is 3. The number of fused-ring (bicyclic) bond motifs is 1. The van der Waals surface area contributed by atoms with Crippen molar-refractivity contribution in [2.75, 3.05) is 0 Å². The molecule has 1 aliphatic rings. The maximum absolute atomic E-state index is 12.2. The first-order valence-electron chi connectivity index (χ1n) is 6.14. The molecule has 0 N–H and O–H groups in total. The van der Waals surface area contributed by atoms with Gasteiger partial charge in [-0.1, -0.05) is 42.7 Å². The Bertz CT molecular complexity index is 506. The van der Waals surface area contributed by atoms with Gasteiger partial charge in [0.1, 0.15) is 5.75 Å². The lowest BCUT2D eigenvalue weighted by Crippen LogP contribution is -2.18. The molecule has 0 radical (unpaired) electrons. The van der Waals surface area contributed by atoms with Crippen LogP contribution in [0.5, 0.6) is 5.75 Å². The number of hydrogen-bond acceptors (Lipinski definition) is 1. The summed E-state index contributed by atoms with van der Waals surface area (Å²) >= 11 is 6.00. The van der Waals surface area contributed by atoms with Gasteiger partial charge in [0, 0.05) is 0 Å². The molecular weight excluding hydrogens is 277 g/mol. The SMILES string of the molecule is CCCC1=CCc2c(ccc(OC(F)(F)F)c2Cl)C1. The molecule has 0 aliphatic heterocycles. The fourth-order valence-electron chi connectivity index (χ4n) is 2.30. The molecule has 0 saturated carbocycles. The fourth-order valence-corrected chi connectivity index (χ4v) is 2.60. The van der Waals surface area contributed by atoms with E-state index in [9.17, 15) is 13.2 Å². The fraction of sp³-hybridized carbons (Fsp3) is 0.429. The number of hydrogen-bond donors (Lipinski definition) is 0. The van der Waals surface area contributed by atoms with E-state index in [-0.39, 0.29) is 10.8 Å². The predicted molar refractivity (Wildman–Crippen MR) is 68.5 cm³/mol. The molecule has 19 heavy (non-hydrogen) atoms. The molecular formula is C14H14ClF3O. The first-order chi connectivity index (χ1) is 8.90. The molecule has 0 fully saturated rings. The van der Waals surface area contributed by atoms with Crippen LogP contribution >= 0.6 is 11.6 Å². The van der Waals surface area contributed by atoms with Gasteiger partial charge in [-0.3, -0.25) is 0 Å². The van der Waals surface area contributed by atoms with Crippen LogP contribution in [0.1, 0.15) is 30.9 Å². The molecule has 0 amide bonds. The van der Waals surface area contributed by atoms with Crippen LogP contribution in [0.4, 0.5) is 13.2 Å². The smallest absolute Gasteiger partial charge is 0.404 e. The Balaban J connectivity index is 2.26. The lowest BCUT2D eigenvalue weighted by molar-refractivity contribution is -0.274. The van der Waals surface area contributed by atoms with Gasteiger partial charge in [0.05, 0.1) is 5.02 Å². The number of ether oxygens (including phenoxy) is 1. The third kappa shape index (κ3) is 3.44. The van der Waals surface area contributed by atoms with Crippen LogP contribution in [0.3, 0.4) is 0 Å². The Kier molecular flexibility index (Phi) is 4.09. The second kappa shape index (κ2) is 5.45. The van der Waals surface area contributed by atoms with Crippen molar-refractivity contribution in [3.63, 3.8) is 0 Å². The molecule has 0 spiro atoms.